The molecule has 2 aromatic carbocycles. The monoisotopic (exact) mass is 499 g/mol. The lowest BCUT2D eigenvalue weighted by Crippen LogP contribution is -2.28. The van der Waals surface area contributed by atoms with E-state index in [2.05, 4.69) is 15.6 Å². The third-order valence-corrected chi connectivity index (χ3v) is 7.44. The van der Waals surface area contributed by atoms with Crippen LogP contribution in [0.15, 0.2) is 46.7 Å². The molecule has 2 N–H and O–H groups in total. The van der Waals surface area contributed by atoms with Gasteiger partial charge in [0.1, 0.15) is 0 Å². The zero-order chi connectivity index (χ0) is 22.0. The third kappa shape index (κ3) is 5.21. The lowest BCUT2D eigenvalue weighted by Gasteiger charge is -2.06. The van der Waals surface area contributed by atoms with Crippen molar-refractivity contribution in [3.63, 3.8) is 0 Å². The lowest BCUT2D eigenvalue weighted by molar-refractivity contribution is 0.174. The van der Waals surface area contributed by atoms with Crippen molar-refractivity contribution >= 4 is 55.5 Å². The van der Waals surface area contributed by atoms with Crippen molar-refractivity contribution in [3.05, 3.63) is 63.1 Å². The average Bonchev–Trinajstić information content (AvgIpc) is 3.37. The van der Waals surface area contributed by atoms with Gasteiger partial charge >= 0.3 is 6.03 Å². The van der Waals surface area contributed by atoms with E-state index in [0.717, 1.165) is 16.9 Å². The van der Waals surface area contributed by atoms with Crippen LogP contribution >= 0.6 is 34.5 Å². The van der Waals surface area contributed by atoms with Gasteiger partial charge in [-0.2, -0.15) is 0 Å². The summed E-state index contributed by atoms with van der Waals surface area (Å²) in [7, 11) is -3.65. The van der Waals surface area contributed by atoms with Gasteiger partial charge in [0, 0.05) is 18.0 Å². The van der Waals surface area contributed by atoms with E-state index in [1.54, 1.807) is 29.6 Å². The second-order valence-corrected chi connectivity index (χ2v) is 10.1. The molecule has 0 spiro atoms. The molecule has 0 saturated carbocycles. The Kier molecular flexibility index (Phi) is 6.24. The Labute approximate surface area is 192 Å². The van der Waals surface area contributed by atoms with Crippen LogP contribution in [0.3, 0.4) is 0 Å². The van der Waals surface area contributed by atoms with Gasteiger partial charge in [0.05, 0.1) is 26.4 Å². The van der Waals surface area contributed by atoms with E-state index in [9.17, 15) is 13.2 Å². The number of benzene rings is 2. The molecule has 12 heteroatoms. The van der Waals surface area contributed by atoms with Gasteiger partial charge in [-0.15, -0.1) is 11.3 Å². The van der Waals surface area contributed by atoms with E-state index in [1.165, 1.54) is 12.1 Å². The molecule has 0 radical (unpaired) electrons. The Morgan fingerprint density at radius 2 is 1.90 bits per heavy atom. The number of urea groups is 1. The minimum absolute atomic E-state index is 0.0626. The first-order valence-electron chi connectivity index (χ1n) is 8.86. The number of carbonyl (C=O) groups is 1. The summed E-state index contributed by atoms with van der Waals surface area (Å²) in [5.74, 6) is 0.585. The summed E-state index contributed by atoms with van der Waals surface area (Å²) in [5, 5.41) is 7.95. The highest BCUT2D eigenvalue weighted by atomic mass is 35.5. The summed E-state index contributed by atoms with van der Waals surface area (Å²) in [6.45, 7) is 0.298. The van der Waals surface area contributed by atoms with Crippen molar-refractivity contribution in [2.75, 3.05) is 12.1 Å². The minimum Gasteiger partial charge on any atom is -0.454 e. The number of halogens is 2. The molecule has 0 fully saturated rings. The number of nitrogens with zero attached hydrogens (tertiary/aromatic N) is 1. The van der Waals surface area contributed by atoms with Gasteiger partial charge in [-0.05, 0) is 29.8 Å². The summed E-state index contributed by atoms with van der Waals surface area (Å²) < 4.78 is 35.8. The molecule has 1 aliphatic rings. The fraction of sp³-hybridized carbons (Fsp3) is 0.158. The van der Waals surface area contributed by atoms with Crippen molar-refractivity contribution in [1.29, 1.82) is 0 Å². The SMILES string of the molecule is O=C(NCc1ccc(Cl)c(Cl)c1)Nc1nc(CS(=O)(=O)c2ccc3c(c2)OCO3)cs1. The second kappa shape index (κ2) is 8.91. The number of sulfone groups is 1. The van der Waals surface area contributed by atoms with Crippen LogP contribution in [0.5, 0.6) is 11.5 Å². The number of aromatic nitrogens is 1. The largest absolute Gasteiger partial charge is 0.454 e. The van der Waals surface area contributed by atoms with Crippen LogP contribution in [0.25, 0.3) is 0 Å². The number of hydrogen-bond donors (Lipinski definition) is 2. The van der Waals surface area contributed by atoms with Crippen LogP contribution in [-0.4, -0.2) is 26.2 Å². The predicted molar refractivity (Wildman–Crippen MR) is 118 cm³/mol. The molecule has 3 aromatic rings. The average molecular weight is 500 g/mol. The number of anilines is 1. The zero-order valence-electron chi connectivity index (χ0n) is 15.7. The Balaban J connectivity index is 1.35. The maximum Gasteiger partial charge on any atom is 0.321 e. The molecule has 2 amide bonds. The van der Waals surface area contributed by atoms with E-state index in [0.29, 0.717) is 27.2 Å². The number of rotatable bonds is 6. The Bertz CT molecular complexity index is 1250. The number of fused-ring (bicyclic) bond motifs is 1. The molecule has 4 rings (SSSR count). The summed E-state index contributed by atoms with van der Waals surface area (Å²) in [6.07, 6.45) is 0. The van der Waals surface area contributed by atoms with Gasteiger partial charge in [-0.3, -0.25) is 5.32 Å². The highest BCUT2D eigenvalue weighted by Crippen LogP contribution is 2.34. The second-order valence-electron chi connectivity index (χ2n) is 6.47. The fourth-order valence-corrected chi connectivity index (χ4v) is 5.15. The first kappa shape index (κ1) is 21.7. The third-order valence-electron chi connectivity index (χ3n) is 4.25. The van der Waals surface area contributed by atoms with Crippen LogP contribution in [-0.2, 0) is 22.1 Å². The molecule has 8 nitrogen and oxygen atoms in total. The van der Waals surface area contributed by atoms with Gasteiger partial charge in [0.2, 0.25) is 6.79 Å². The summed E-state index contributed by atoms with van der Waals surface area (Å²) >= 11 is 13.0. The van der Waals surface area contributed by atoms with Gasteiger partial charge in [0.25, 0.3) is 0 Å². The van der Waals surface area contributed by atoms with Crippen LogP contribution in [0, 0.1) is 0 Å². The Morgan fingerprint density at radius 3 is 2.71 bits per heavy atom. The number of hydrogen-bond acceptors (Lipinski definition) is 7. The van der Waals surface area contributed by atoms with Crippen molar-refractivity contribution < 1.29 is 22.7 Å². The van der Waals surface area contributed by atoms with Gasteiger partial charge in [0.15, 0.2) is 26.5 Å². The summed E-state index contributed by atoms with van der Waals surface area (Å²) in [4.78, 5) is 16.4. The number of thiazole rings is 1. The molecule has 0 saturated heterocycles. The molecule has 0 bridgehead atoms. The molecule has 0 aliphatic carbocycles. The van der Waals surface area contributed by atoms with E-state index >= 15 is 0 Å². The first-order chi connectivity index (χ1) is 14.8. The molecule has 2 heterocycles. The smallest absolute Gasteiger partial charge is 0.321 e. The van der Waals surface area contributed by atoms with Crippen molar-refractivity contribution in [2.24, 2.45) is 0 Å². The zero-order valence-corrected chi connectivity index (χ0v) is 18.9. The summed E-state index contributed by atoms with van der Waals surface area (Å²) in [6, 6.07) is 9.02. The molecular formula is C19H15Cl2N3O5S2. The Morgan fingerprint density at radius 1 is 1.10 bits per heavy atom. The van der Waals surface area contributed by atoms with Crippen LogP contribution in [0.1, 0.15) is 11.3 Å². The fourth-order valence-electron chi connectivity index (χ4n) is 2.75. The topological polar surface area (TPSA) is 107 Å². The normalized spacial score (nSPS) is 12.6. The Hall–Kier alpha value is -2.53. The van der Waals surface area contributed by atoms with E-state index in [-0.39, 0.29) is 29.1 Å². The van der Waals surface area contributed by atoms with Crippen LogP contribution in [0.4, 0.5) is 9.93 Å². The predicted octanol–water partition coefficient (Wildman–Crippen LogP) is 4.47. The van der Waals surface area contributed by atoms with Crippen molar-refractivity contribution in [3.8, 4) is 11.5 Å². The number of ether oxygens (including phenoxy) is 2. The van der Waals surface area contributed by atoms with Crippen molar-refractivity contribution in [1.82, 2.24) is 10.3 Å². The van der Waals surface area contributed by atoms with E-state index in [4.69, 9.17) is 32.7 Å². The van der Waals surface area contributed by atoms with Gasteiger partial charge < -0.3 is 14.8 Å². The summed E-state index contributed by atoms with van der Waals surface area (Å²) in [5.41, 5.74) is 1.10. The first-order valence-corrected chi connectivity index (χ1v) is 12.1. The van der Waals surface area contributed by atoms with E-state index < -0.39 is 15.9 Å². The molecule has 162 valence electrons. The molecule has 0 atom stereocenters. The standard InChI is InChI=1S/C19H15Cl2N3O5S2/c20-14-3-1-11(5-15(14)21)7-22-18(25)24-19-23-12(8-30-19)9-31(26,27)13-2-4-16-17(6-13)29-10-28-16/h1-6,8H,7,9-10H2,(H2,22,23,24,25). The maximum atomic E-state index is 12.7. The number of nitrogens with one attached hydrogen (secondary N) is 2. The molecule has 1 aromatic heterocycles. The maximum absolute atomic E-state index is 12.7. The van der Waals surface area contributed by atoms with Gasteiger partial charge in [-0.25, -0.2) is 18.2 Å². The molecule has 1 aliphatic heterocycles. The highest BCUT2D eigenvalue weighted by molar-refractivity contribution is 7.90. The molecular weight excluding hydrogens is 485 g/mol. The minimum atomic E-state index is -3.65. The highest BCUT2D eigenvalue weighted by Gasteiger charge is 2.22. The molecule has 31 heavy (non-hydrogen) atoms. The number of carbonyl (C=O) groups excluding carboxylic acids is 1. The van der Waals surface area contributed by atoms with Crippen molar-refractivity contribution in [2.45, 2.75) is 17.2 Å². The molecule has 0 unspecified atom stereocenters. The van der Waals surface area contributed by atoms with Gasteiger partial charge in [-0.1, -0.05) is 29.3 Å². The van der Waals surface area contributed by atoms with E-state index in [1.807, 2.05) is 0 Å². The quantitative estimate of drug-likeness (QED) is 0.517. The lowest BCUT2D eigenvalue weighted by atomic mass is 10.2. The number of amides is 2. The van der Waals surface area contributed by atoms with Crippen LogP contribution < -0.4 is 20.1 Å². The van der Waals surface area contributed by atoms with Crippen LogP contribution in [0.2, 0.25) is 10.0 Å².